The molecule has 0 bridgehead atoms. The standard InChI is InChI=1S/C15H24N4O2/c1-3-18(13-7-5-4-6-12(13)10-16)15-14(19(20)21)11(2)8-9-17-15/h8-9,12-13H,3-7,10,16H2,1-2H3. The van der Waals surface area contributed by atoms with Crippen LogP contribution in [0.15, 0.2) is 12.3 Å². The van der Waals surface area contributed by atoms with E-state index in [2.05, 4.69) is 9.88 Å². The zero-order valence-electron chi connectivity index (χ0n) is 12.8. The number of anilines is 1. The SMILES string of the molecule is CCN(c1nccc(C)c1[N+](=O)[O-])C1CCCCC1CN. The Balaban J connectivity index is 2.41. The van der Waals surface area contributed by atoms with Gasteiger partial charge in [-0.3, -0.25) is 10.1 Å². The van der Waals surface area contributed by atoms with Crippen molar-refractivity contribution in [3.63, 3.8) is 0 Å². The molecule has 0 spiro atoms. The van der Waals surface area contributed by atoms with Crippen LogP contribution in [0.25, 0.3) is 0 Å². The second-order valence-corrected chi connectivity index (χ2v) is 5.69. The second kappa shape index (κ2) is 6.85. The van der Waals surface area contributed by atoms with Gasteiger partial charge < -0.3 is 10.6 Å². The van der Waals surface area contributed by atoms with Gasteiger partial charge >= 0.3 is 5.69 Å². The van der Waals surface area contributed by atoms with E-state index >= 15 is 0 Å². The summed E-state index contributed by atoms with van der Waals surface area (Å²) in [5.41, 5.74) is 6.69. The fourth-order valence-corrected chi connectivity index (χ4v) is 3.39. The average molecular weight is 292 g/mol. The summed E-state index contributed by atoms with van der Waals surface area (Å²) < 4.78 is 0. The van der Waals surface area contributed by atoms with Gasteiger partial charge in [-0.05, 0) is 45.2 Å². The number of aromatic nitrogens is 1. The van der Waals surface area contributed by atoms with Gasteiger partial charge in [0, 0.05) is 24.3 Å². The highest BCUT2D eigenvalue weighted by Crippen LogP contribution is 2.35. The summed E-state index contributed by atoms with van der Waals surface area (Å²) in [5.74, 6) is 0.883. The largest absolute Gasteiger partial charge is 0.348 e. The molecule has 116 valence electrons. The highest BCUT2D eigenvalue weighted by molar-refractivity contribution is 5.62. The average Bonchev–Trinajstić information content (AvgIpc) is 2.48. The first kappa shape index (κ1) is 15.7. The second-order valence-electron chi connectivity index (χ2n) is 5.69. The number of nitrogens with zero attached hydrogens (tertiary/aromatic N) is 3. The summed E-state index contributed by atoms with van der Waals surface area (Å²) in [5, 5.41) is 11.4. The third-order valence-electron chi connectivity index (χ3n) is 4.47. The maximum Gasteiger partial charge on any atom is 0.314 e. The van der Waals surface area contributed by atoms with Gasteiger partial charge in [0.15, 0.2) is 0 Å². The normalized spacial score (nSPS) is 22.0. The van der Waals surface area contributed by atoms with E-state index in [1.165, 1.54) is 6.42 Å². The van der Waals surface area contributed by atoms with Crippen LogP contribution in [0.3, 0.4) is 0 Å². The third-order valence-corrected chi connectivity index (χ3v) is 4.47. The van der Waals surface area contributed by atoms with Gasteiger partial charge in [0.05, 0.1) is 4.92 Å². The number of aryl methyl sites for hydroxylation is 1. The summed E-state index contributed by atoms with van der Waals surface area (Å²) in [6, 6.07) is 1.94. The van der Waals surface area contributed by atoms with Crippen LogP contribution in [-0.4, -0.2) is 29.0 Å². The van der Waals surface area contributed by atoms with Crippen LogP contribution in [0.5, 0.6) is 0 Å². The van der Waals surface area contributed by atoms with E-state index in [4.69, 9.17) is 5.73 Å². The van der Waals surface area contributed by atoms with Crippen molar-refractivity contribution in [3.05, 3.63) is 27.9 Å². The molecule has 2 atom stereocenters. The lowest BCUT2D eigenvalue weighted by Gasteiger charge is -2.39. The van der Waals surface area contributed by atoms with Gasteiger partial charge in [0.2, 0.25) is 5.82 Å². The van der Waals surface area contributed by atoms with Crippen molar-refractivity contribution in [2.45, 2.75) is 45.6 Å². The Morgan fingerprint density at radius 2 is 2.19 bits per heavy atom. The van der Waals surface area contributed by atoms with Crippen LogP contribution < -0.4 is 10.6 Å². The first-order valence-corrected chi connectivity index (χ1v) is 7.66. The van der Waals surface area contributed by atoms with Gasteiger partial charge in [-0.1, -0.05) is 12.8 Å². The molecule has 6 nitrogen and oxygen atoms in total. The van der Waals surface area contributed by atoms with E-state index < -0.39 is 0 Å². The topological polar surface area (TPSA) is 85.3 Å². The quantitative estimate of drug-likeness (QED) is 0.666. The molecule has 1 fully saturated rings. The smallest absolute Gasteiger partial charge is 0.314 e. The lowest BCUT2D eigenvalue weighted by molar-refractivity contribution is -0.384. The predicted octanol–water partition coefficient (Wildman–Crippen LogP) is 2.64. The van der Waals surface area contributed by atoms with Crippen molar-refractivity contribution >= 4 is 11.5 Å². The van der Waals surface area contributed by atoms with E-state index in [-0.39, 0.29) is 16.7 Å². The molecule has 21 heavy (non-hydrogen) atoms. The summed E-state index contributed by atoms with van der Waals surface area (Å²) in [6.45, 7) is 5.12. The van der Waals surface area contributed by atoms with Crippen LogP contribution in [0, 0.1) is 23.0 Å². The lowest BCUT2D eigenvalue weighted by Crippen LogP contribution is -2.45. The lowest BCUT2D eigenvalue weighted by atomic mass is 9.83. The van der Waals surface area contributed by atoms with Crippen LogP contribution >= 0.6 is 0 Å². The predicted molar refractivity (Wildman–Crippen MR) is 83.4 cm³/mol. The molecule has 2 N–H and O–H groups in total. The van der Waals surface area contributed by atoms with E-state index in [0.29, 0.717) is 30.4 Å². The van der Waals surface area contributed by atoms with Crippen molar-refractivity contribution in [2.24, 2.45) is 11.7 Å². The molecule has 0 aliphatic heterocycles. The molecule has 1 saturated carbocycles. The molecule has 1 heterocycles. The third kappa shape index (κ3) is 3.15. The minimum absolute atomic E-state index is 0.126. The monoisotopic (exact) mass is 292 g/mol. The molecule has 1 aliphatic rings. The van der Waals surface area contributed by atoms with Crippen molar-refractivity contribution in [3.8, 4) is 0 Å². The maximum atomic E-state index is 11.4. The van der Waals surface area contributed by atoms with Crippen LogP contribution in [0.4, 0.5) is 11.5 Å². The number of pyridine rings is 1. The summed E-state index contributed by atoms with van der Waals surface area (Å²) in [4.78, 5) is 17.5. The Kier molecular flexibility index (Phi) is 5.12. The molecular weight excluding hydrogens is 268 g/mol. The van der Waals surface area contributed by atoms with E-state index in [1.807, 2.05) is 6.92 Å². The summed E-state index contributed by atoms with van der Waals surface area (Å²) in [7, 11) is 0. The molecule has 0 aromatic carbocycles. The highest BCUT2D eigenvalue weighted by Gasteiger charge is 2.33. The molecule has 0 saturated heterocycles. The molecule has 1 aromatic heterocycles. The Hall–Kier alpha value is -1.69. The Labute approximate surface area is 125 Å². The molecule has 6 heteroatoms. The highest BCUT2D eigenvalue weighted by atomic mass is 16.6. The van der Waals surface area contributed by atoms with E-state index in [9.17, 15) is 10.1 Å². The fourth-order valence-electron chi connectivity index (χ4n) is 3.39. The molecule has 0 radical (unpaired) electrons. The Morgan fingerprint density at radius 1 is 1.48 bits per heavy atom. The number of hydrogen-bond donors (Lipinski definition) is 1. The molecule has 2 unspecified atom stereocenters. The Bertz CT molecular complexity index is 506. The van der Waals surface area contributed by atoms with E-state index in [0.717, 1.165) is 19.3 Å². The van der Waals surface area contributed by atoms with Crippen molar-refractivity contribution in [1.29, 1.82) is 0 Å². The molecular formula is C15H24N4O2. The number of hydrogen-bond acceptors (Lipinski definition) is 5. The van der Waals surface area contributed by atoms with Crippen molar-refractivity contribution in [1.82, 2.24) is 4.98 Å². The minimum atomic E-state index is -0.319. The number of nitrogens with two attached hydrogens (primary N) is 1. The number of nitro groups is 1. The van der Waals surface area contributed by atoms with E-state index in [1.54, 1.807) is 19.2 Å². The van der Waals surface area contributed by atoms with Gasteiger partial charge in [0.1, 0.15) is 0 Å². The van der Waals surface area contributed by atoms with Crippen LogP contribution in [-0.2, 0) is 0 Å². The molecule has 0 amide bonds. The summed E-state index contributed by atoms with van der Waals surface area (Å²) >= 11 is 0. The van der Waals surface area contributed by atoms with Gasteiger partial charge in [-0.25, -0.2) is 4.98 Å². The van der Waals surface area contributed by atoms with Crippen molar-refractivity contribution < 1.29 is 4.92 Å². The molecule has 1 aliphatic carbocycles. The van der Waals surface area contributed by atoms with Crippen LogP contribution in [0.1, 0.15) is 38.2 Å². The zero-order chi connectivity index (χ0) is 15.4. The number of rotatable bonds is 5. The first-order valence-electron chi connectivity index (χ1n) is 7.66. The zero-order valence-corrected chi connectivity index (χ0v) is 12.8. The molecule has 2 rings (SSSR count). The van der Waals surface area contributed by atoms with Gasteiger partial charge in [-0.2, -0.15) is 0 Å². The maximum absolute atomic E-state index is 11.4. The fraction of sp³-hybridized carbons (Fsp3) is 0.667. The van der Waals surface area contributed by atoms with Crippen molar-refractivity contribution in [2.75, 3.05) is 18.0 Å². The first-order chi connectivity index (χ1) is 10.1. The van der Waals surface area contributed by atoms with Crippen LogP contribution in [0.2, 0.25) is 0 Å². The summed E-state index contributed by atoms with van der Waals surface area (Å²) in [6.07, 6.45) is 6.12. The minimum Gasteiger partial charge on any atom is -0.348 e. The molecule has 1 aromatic rings. The Morgan fingerprint density at radius 3 is 2.81 bits per heavy atom. The van der Waals surface area contributed by atoms with Gasteiger partial charge in [-0.15, -0.1) is 0 Å². The van der Waals surface area contributed by atoms with Gasteiger partial charge in [0.25, 0.3) is 0 Å².